The van der Waals surface area contributed by atoms with Gasteiger partial charge in [0, 0.05) is 24.7 Å². The second kappa shape index (κ2) is 10.4. The minimum absolute atomic E-state index is 0.110. The van der Waals surface area contributed by atoms with E-state index in [1.165, 1.54) is 6.92 Å². The van der Waals surface area contributed by atoms with Crippen LogP contribution in [0.3, 0.4) is 0 Å². The number of hydrogen-bond donors (Lipinski definition) is 3. The Bertz CT molecular complexity index is 843. The van der Waals surface area contributed by atoms with E-state index in [0.717, 1.165) is 11.1 Å². The van der Waals surface area contributed by atoms with Gasteiger partial charge in [-0.25, -0.2) is 0 Å². The van der Waals surface area contributed by atoms with Crippen molar-refractivity contribution in [2.45, 2.75) is 40.2 Å². The third-order valence-corrected chi connectivity index (χ3v) is 4.35. The summed E-state index contributed by atoms with van der Waals surface area (Å²) in [4.78, 5) is 36.1. The molecule has 2 aromatic rings. The molecule has 1 unspecified atom stereocenters. The van der Waals surface area contributed by atoms with Gasteiger partial charge >= 0.3 is 0 Å². The smallest absolute Gasteiger partial charge is 0.251 e. The maximum absolute atomic E-state index is 12.5. The lowest BCUT2D eigenvalue weighted by Gasteiger charge is -2.18. The number of nitrogens with one attached hydrogen (secondary N) is 3. The highest BCUT2D eigenvalue weighted by Gasteiger charge is 2.17. The first-order chi connectivity index (χ1) is 13.7. The second-order valence-electron chi connectivity index (χ2n) is 7.60. The molecule has 6 nitrogen and oxygen atoms in total. The van der Waals surface area contributed by atoms with E-state index >= 15 is 0 Å². The summed E-state index contributed by atoms with van der Waals surface area (Å²) >= 11 is 0. The number of amides is 3. The van der Waals surface area contributed by atoms with Crippen molar-refractivity contribution in [2.75, 3.05) is 11.9 Å². The second-order valence-corrected chi connectivity index (χ2v) is 7.60. The van der Waals surface area contributed by atoms with Gasteiger partial charge in [-0.1, -0.05) is 43.7 Å². The lowest BCUT2D eigenvalue weighted by atomic mass is 10.0. The van der Waals surface area contributed by atoms with Crippen molar-refractivity contribution in [3.05, 3.63) is 65.2 Å². The molecule has 0 aliphatic carbocycles. The molecule has 0 saturated carbocycles. The minimum atomic E-state index is -0.408. The molecule has 154 valence electrons. The zero-order valence-corrected chi connectivity index (χ0v) is 17.4. The molecule has 0 radical (unpaired) electrons. The highest BCUT2D eigenvalue weighted by Crippen LogP contribution is 2.19. The topological polar surface area (TPSA) is 87.3 Å². The minimum Gasteiger partial charge on any atom is -0.352 e. The molecule has 6 heteroatoms. The summed E-state index contributed by atoms with van der Waals surface area (Å²) in [6, 6.07) is 14.1. The highest BCUT2D eigenvalue weighted by molar-refractivity contribution is 5.96. The van der Waals surface area contributed by atoms with Gasteiger partial charge in [-0.3, -0.25) is 14.4 Å². The predicted octanol–water partition coefficient (Wildman–Crippen LogP) is 3.59. The Morgan fingerprint density at radius 2 is 1.55 bits per heavy atom. The summed E-state index contributed by atoms with van der Waals surface area (Å²) < 4.78 is 0. The van der Waals surface area contributed by atoms with Crippen LogP contribution in [0.15, 0.2) is 48.5 Å². The zero-order chi connectivity index (χ0) is 21.4. The van der Waals surface area contributed by atoms with Crippen LogP contribution in [-0.2, 0) is 9.59 Å². The largest absolute Gasteiger partial charge is 0.352 e. The van der Waals surface area contributed by atoms with Crippen LogP contribution in [0.5, 0.6) is 0 Å². The van der Waals surface area contributed by atoms with E-state index in [2.05, 4.69) is 16.0 Å². The number of aryl methyl sites for hydroxylation is 1. The van der Waals surface area contributed by atoms with Crippen molar-refractivity contribution in [3.8, 4) is 0 Å². The van der Waals surface area contributed by atoms with Gasteiger partial charge in [-0.15, -0.1) is 0 Å². The lowest BCUT2D eigenvalue weighted by Crippen LogP contribution is -2.29. The monoisotopic (exact) mass is 395 g/mol. The molecule has 2 aromatic carbocycles. The van der Waals surface area contributed by atoms with E-state index in [1.54, 1.807) is 24.3 Å². The van der Waals surface area contributed by atoms with Crippen LogP contribution in [0.1, 0.15) is 54.7 Å². The van der Waals surface area contributed by atoms with Gasteiger partial charge in [-0.2, -0.15) is 0 Å². The van der Waals surface area contributed by atoms with E-state index in [-0.39, 0.29) is 24.1 Å². The van der Waals surface area contributed by atoms with Crippen LogP contribution >= 0.6 is 0 Å². The molecule has 3 amide bonds. The number of anilines is 1. The van der Waals surface area contributed by atoms with Crippen molar-refractivity contribution in [2.24, 2.45) is 5.92 Å². The van der Waals surface area contributed by atoms with Crippen LogP contribution in [0.4, 0.5) is 5.69 Å². The molecule has 3 N–H and O–H groups in total. The molecule has 0 heterocycles. The first-order valence-corrected chi connectivity index (χ1v) is 9.76. The molecule has 29 heavy (non-hydrogen) atoms. The predicted molar refractivity (Wildman–Crippen MR) is 115 cm³/mol. The van der Waals surface area contributed by atoms with Gasteiger partial charge in [-0.05, 0) is 42.7 Å². The molecule has 0 spiro atoms. The summed E-state index contributed by atoms with van der Waals surface area (Å²) in [6.07, 6.45) is 0.110. The Labute approximate surface area is 172 Å². The summed E-state index contributed by atoms with van der Waals surface area (Å²) in [6.45, 7) is 8.09. The van der Waals surface area contributed by atoms with Crippen molar-refractivity contribution >= 4 is 23.4 Å². The van der Waals surface area contributed by atoms with E-state index in [9.17, 15) is 14.4 Å². The highest BCUT2D eigenvalue weighted by atomic mass is 16.2. The zero-order valence-electron chi connectivity index (χ0n) is 17.4. The summed E-state index contributed by atoms with van der Waals surface area (Å²) in [5, 5.41) is 8.51. The third kappa shape index (κ3) is 7.41. The molecule has 1 atom stereocenters. The Kier molecular flexibility index (Phi) is 7.95. The van der Waals surface area contributed by atoms with Crippen molar-refractivity contribution in [1.82, 2.24) is 10.6 Å². The number of hydrogen-bond acceptors (Lipinski definition) is 3. The number of rotatable bonds is 8. The van der Waals surface area contributed by atoms with Crippen LogP contribution < -0.4 is 16.0 Å². The van der Waals surface area contributed by atoms with E-state index in [0.29, 0.717) is 23.7 Å². The Morgan fingerprint density at radius 1 is 0.931 bits per heavy atom. The van der Waals surface area contributed by atoms with E-state index in [1.807, 2.05) is 45.0 Å². The van der Waals surface area contributed by atoms with E-state index in [4.69, 9.17) is 0 Å². The SMILES string of the molecule is CC(=O)NC(CC(=O)Nc1ccc(C(=O)NCC(C)C)cc1)c1ccc(C)cc1. The van der Waals surface area contributed by atoms with E-state index < -0.39 is 6.04 Å². The fraction of sp³-hybridized carbons (Fsp3) is 0.348. The Morgan fingerprint density at radius 3 is 2.10 bits per heavy atom. The molecule has 0 aliphatic rings. The van der Waals surface area contributed by atoms with Gasteiger partial charge in [0.1, 0.15) is 0 Å². The van der Waals surface area contributed by atoms with Gasteiger partial charge < -0.3 is 16.0 Å². The molecule has 0 bridgehead atoms. The third-order valence-electron chi connectivity index (χ3n) is 4.35. The Hall–Kier alpha value is -3.15. The van der Waals surface area contributed by atoms with Crippen molar-refractivity contribution in [3.63, 3.8) is 0 Å². The van der Waals surface area contributed by atoms with Gasteiger partial charge in [0.2, 0.25) is 11.8 Å². The van der Waals surface area contributed by atoms with Crippen LogP contribution in [-0.4, -0.2) is 24.3 Å². The summed E-state index contributed by atoms with van der Waals surface area (Å²) in [5.41, 5.74) is 3.12. The molecule has 0 aliphatic heterocycles. The van der Waals surface area contributed by atoms with Gasteiger partial charge in [0.05, 0.1) is 12.5 Å². The maximum Gasteiger partial charge on any atom is 0.251 e. The summed E-state index contributed by atoms with van der Waals surface area (Å²) in [7, 11) is 0. The Balaban J connectivity index is 1.99. The van der Waals surface area contributed by atoms with Crippen LogP contribution in [0.2, 0.25) is 0 Å². The van der Waals surface area contributed by atoms with Gasteiger partial charge in [0.15, 0.2) is 0 Å². The normalized spacial score (nSPS) is 11.6. The maximum atomic E-state index is 12.5. The van der Waals surface area contributed by atoms with Gasteiger partial charge in [0.25, 0.3) is 5.91 Å². The van der Waals surface area contributed by atoms with Crippen LogP contribution in [0, 0.1) is 12.8 Å². The van der Waals surface area contributed by atoms with Crippen LogP contribution in [0.25, 0.3) is 0 Å². The molecule has 2 rings (SSSR count). The molecule has 0 aromatic heterocycles. The molecular formula is C23H29N3O3. The quantitative estimate of drug-likeness (QED) is 0.638. The number of carbonyl (C=O) groups excluding carboxylic acids is 3. The number of benzene rings is 2. The first kappa shape index (κ1) is 22.1. The van der Waals surface area contributed by atoms with Crippen molar-refractivity contribution in [1.29, 1.82) is 0 Å². The lowest BCUT2D eigenvalue weighted by molar-refractivity contribution is -0.120. The fourth-order valence-electron chi connectivity index (χ4n) is 2.80. The number of carbonyl (C=O) groups is 3. The molecule has 0 saturated heterocycles. The summed E-state index contributed by atoms with van der Waals surface area (Å²) in [5.74, 6) is -0.175. The molecular weight excluding hydrogens is 366 g/mol. The standard InChI is InChI=1S/C23H29N3O3/c1-15(2)14-24-23(29)19-9-11-20(12-10-19)26-22(28)13-21(25-17(4)27)18-7-5-16(3)6-8-18/h5-12,15,21H,13-14H2,1-4H3,(H,24,29)(H,25,27)(H,26,28). The molecule has 0 fully saturated rings. The first-order valence-electron chi connectivity index (χ1n) is 9.76. The van der Waals surface area contributed by atoms with Crippen molar-refractivity contribution < 1.29 is 14.4 Å². The average Bonchev–Trinajstić information content (AvgIpc) is 2.66. The average molecular weight is 396 g/mol. The fourth-order valence-corrected chi connectivity index (χ4v) is 2.80.